The van der Waals surface area contributed by atoms with Crippen LogP contribution in [0.3, 0.4) is 0 Å². The van der Waals surface area contributed by atoms with Gasteiger partial charge in [-0.25, -0.2) is 9.59 Å². The molecule has 0 radical (unpaired) electrons. The standard InChI is InChI=1S/C36H43Cl2N3O6/c1-36(2)45-24-27-22-26(16-17-31(27)47-36)32-23-41(35(43)46-32)18-6-3-4-7-19-44-20-8-5-11-25-12-9-13-28(21-25)39-34(42)40-33-29(37)14-10-15-30(33)38/h9-10,12-17,21-22,32H,3-8,11,18-20,23-24H2,1-2H3,(H2,39,40,42). The lowest BCUT2D eigenvalue weighted by molar-refractivity contribution is -0.180. The molecule has 1 saturated heterocycles. The second-order valence-electron chi connectivity index (χ2n) is 12.3. The van der Waals surface area contributed by atoms with Crippen LogP contribution < -0.4 is 15.4 Å². The van der Waals surface area contributed by atoms with Crippen molar-refractivity contribution in [1.29, 1.82) is 0 Å². The highest BCUT2D eigenvalue weighted by Crippen LogP contribution is 2.35. The largest absolute Gasteiger partial charge is 0.463 e. The van der Waals surface area contributed by atoms with E-state index in [-0.39, 0.29) is 12.2 Å². The average Bonchev–Trinajstić information content (AvgIpc) is 3.41. The number of nitrogens with one attached hydrogen (secondary N) is 2. The molecule has 1 unspecified atom stereocenters. The Kier molecular flexibility index (Phi) is 12.3. The lowest BCUT2D eigenvalue weighted by atomic mass is 10.0. The number of rotatable bonds is 15. The third-order valence-corrected chi connectivity index (χ3v) is 8.76. The molecule has 1 fully saturated rings. The average molecular weight is 685 g/mol. The number of nitrogens with zero attached hydrogens (tertiary/aromatic N) is 1. The molecule has 5 rings (SSSR count). The Labute approximate surface area is 286 Å². The summed E-state index contributed by atoms with van der Waals surface area (Å²) in [4.78, 5) is 26.7. The van der Waals surface area contributed by atoms with Crippen molar-refractivity contribution in [1.82, 2.24) is 4.90 Å². The van der Waals surface area contributed by atoms with E-state index in [9.17, 15) is 9.59 Å². The molecular formula is C36H43Cl2N3O6. The SMILES string of the molecule is CC1(C)OCc2cc(C3CN(CCCCCCOCCCCc4cccc(NC(=O)Nc5c(Cl)cccc5Cl)c4)C(=O)O3)ccc2O1. The Balaban J connectivity index is 0.896. The summed E-state index contributed by atoms with van der Waals surface area (Å²) in [6, 6.07) is 18.4. The summed E-state index contributed by atoms with van der Waals surface area (Å²) in [6.07, 6.45) is 6.35. The van der Waals surface area contributed by atoms with Gasteiger partial charge in [0, 0.05) is 44.9 Å². The number of aryl methyl sites for hydroxylation is 1. The smallest absolute Gasteiger partial charge is 0.410 e. The highest BCUT2D eigenvalue weighted by molar-refractivity contribution is 6.39. The van der Waals surface area contributed by atoms with Crippen molar-refractivity contribution in [3.63, 3.8) is 0 Å². The molecule has 252 valence electrons. The van der Waals surface area contributed by atoms with Gasteiger partial charge in [0.2, 0.25) is 5.79 Å². The Hall–Kier alpha value is -3.50. The molecular weight excluding hydrogens is 641 g/mol. The first-order valence-corrected chi connectivity index (χ1v) is 17.0. The van der Waals surface area contributed by atoms with E-state index in [0.29, 0.717) is 41.1 Å². The maximum atomic E-state index is 12.5. The lowest BCUT2D eigenvalue weighted by Crippen LogP contribution is -2.35. The minimum absolute atomic E-state index is 0.253. The summed E-state index contributed by atoms with van der Waals surface area (Å²) in [6.45, 7) is 6.97. The van der Waals surface area contributed by atoms with Gasteiger partial charge in [-0.2, -0.15) is 0 Å². The third kappa shape index (κ3) is 10.2. The van der Waals surface area contributed by atoms with Crippen LogP contribution >= 0.6 is 23.2 Å². The first-order chi connectivity index (χ1) is 22.7. The molecule has 0 aromatic heterocycles. The Morgan fingerprint density at radius 3 is 2.49 bits per heavy atom. The predicted octanol–water partition coefficient (Wildman–Crippen LogP) is 9.38. The predicted molar refractivity (Wildman–Crippen MR) is 185 cm³/mol. The van der Waals surface area contributed by atoms with Crippen LogP contribution in [-0.4, -0.2) is 49.1 Å². The van der Waals surface area contributed by atoms with Crippen molar-refractivity contribution in [2.75, 3.05) is 36.9 Å². The number of carbonyl (C=O) groups excluding carboxylic acids is 2. The first-order valence-electron chi connectivity index (χ1n) is 16.3. The van der Waals surface area contributed by atoms with Crippen molar-refractivity contribution >= 4 is 46.7 Å². The number of unbranched alkanes of at least 4 members (excludes halogenated alkanes) is 4. The van der Waals surface area contributed by atoms with Crippen molar-refractivity contribution in [2.24, 2.45) is 0 Å². The molecule has 0 saturated carbocycles. The maximum absolute atomic E-state index is 12.5. The number of benzene rings is 3. The first kappa shape index (κ1) is 34.8. The molecule has 0 spiro atoms. The molecule has 2 aliphatic heterocycles. The van der Waals surface area contributed by atoms with Gasteiger partial charge in [-0.1, -0.05) is 60.3 Å². The van der Waals surface area contributed by atoms with Crippen molar-refractivity contribution in [2.45, 2.75) is 77.3 Å². The fourth-order valence-electron chi connectivity index (χ4n) is 5.62. The van der Waals surface area contributed by atoms with Gasteiger partial charge < -0.3 is 34.5 Å². The van der Waals surface area contributed by atoms with Crippen LogP contribution in [0, 0.1) is 0 Å². The molecule has 0 bridgehead atoms. The summed E-state index contributed by atoms with van der Waals surface area (Å²) >= 11 is 12.3. The second-order valence-corrected chi connectivity index (χ2v) is 13.2. The summed E-state index contributed by atoms with van der Waals surface area (Å²) in [5.74, 6) is 0.181. The quantitative estimate of drug-likeness (QED) is 0.155. The van der Waals surface area contributed by atoms with Crippen molar-refractivity contribution in [3.8, 4) is 5.75 Å². The van der Waals surface area contributed by atoms with Crippen LogP contribution in [0.15, 0.2) is 60.7 Å². The van der Waals surface area contributed by atoms with Gasteiger partial charge in [0.1, 0.15) is 11.9 Å². The molecule has 2 aliphatic rings. The van der Waals surface area contributed by atoms with E-state index >= 15 is 0 Å². The van der Waals surface area contributed by atoms with E-state index in [2.05, 4.69) is 16.7 Å². The van der Waals surface area contributed by atoms with Gasteiger partial charge in [0.25, 0.3) is 0 Å². The van der Waals surface area contributed by atoms with Crippen LogP contribution in [-0.2, 0) is 27.2 Å². The van der Waals surface area contributed by atoms with Crippen LogP contribution in [0.1, 0.15) is 75.2 Å². The van der Waals surface area contributed by atoms with Gasteiger partial charge in [-0.15, -0.1) is 0 Å². The summed E-state index contributed by atoms with van der Waals surface area (Å²) in [5.41, 5.74) is 4.16. The molecule has 11 heteroatoms. The highest BCUT2D eigenvalue weighted by Gasteiger charge is 2.33. The van der Waals surface area contributed by atoms with E-state index in [4.69, 9.17) is 42.1 Å². The summed E-state index contributed by atoms with van der Waals surface area (Å²) in [7, 11) is 0. The molecule has 3 amide bonds. The number of cyclic esters (lactones) is 1. The fraction of sp³-hybridized carbons (Fsp3) is 0.444. The zero-order valence-electron chi connectivity index (χ0n) is 27.0. The number of anilines is 2. The summed E-state index contributed by atoms with van der Waals surface area (Å²) in [5, 5.41) is 6.30. The fourth-order valence-corrected chi connectivity index (χ4v) is 6.11. The number of amides is 3. The minimum Gasteiger partial charge on any atom is -0.463 e. The van der Waals surface area contributed by atoms with E-state index in [0.717, 1.165) is 80.6 Å². The van der Waals surface area contributed by atoms with E-state index in [1.165, 1.54) is 0 Å². The van der Waals surface area contributed by atoms with Gasteiger partial charge in [-0.3, -0.25) is 0 Å². The number of ether oxygens (including phenoxy) is 4. The number of urea groups is 1. The van der Waals surface area contributed by atoms with Gasteiger partial charge in [0.05, 0.1) is 28.9 Å². The molecule has 2 heterocycles. The van der Waals surface area contributed by atoms with E-state index in [1.807, 2.05) is 50.2 Å². The number of carbonyl (C=O) groups is 2. The molecule has 0 aliphatic carbocycles. The zero-order chi connectivity index (χ0) is 33.2. The number of halogens is 2. The number of fused-ring (bicyclic) bond motifs is 1. The van der Waals surface area contributed by atoms with Crippen LogP contribution in [0.4, 0.5) is 21.0 Å². The van der Waals surface area contributed by atoms with Crippen LogP contribution in [0.5, 0.6) is 5.75 Å². The molecule has 47 heavy (non-hydrogen) atoms. The van der Waals surface area contributed by atoms with Crippen LogP contribution in [0.2, 0.25) is 10.0 Å². The van der Waals surface area contributed by atoms with Gasteiger partial charge in [0.15, 0.2) is 0 Å². The Bertz CT molecular complexity index is 1510. The Morgan fingerprint density at radius 1 is 0.936 bits per heavy atom. The molecule has 9 nitrogen and oxygen atoms in total. The number of hydrogen-bond donors (Lipinski definition) is 2. The lowest BCUT2D eigenvalue weighted by Gasteiger charge is -2.32. The normalized spacial score (nSPS) is 16.7. The summed E-state index contributed by atoms with van der Waals surface area (Å²) < 4.78 is 23.1. The number of para-hydroxylation sites is 1. The zero-order valence-corrected chi connectivity index (χ0v) is 28.5. The van der Waals surface area contributed by atoms with E-state index in [1.54, 1.807) is 23.1 Å². The molecule has 1 atom stereocenters. The topological polar surface area (TPSA) is 98.4 Å². The van der Waals surface area contributed by atoms with Crippen LogP contribution in [0.25, 0.3) is 0 Å². The second kappa shape index (κ2) is 16.6. The van der Waals surface area contributed by atoms with Crippen molar-refractivity contribution < 1.29 is 28.5 Å². The molecule has 3 aromatic carbocycles. The van der Waals surface area contributed by atoms with Crippen molar-refractivity contribution in [3.05, 3.63) is 87.4 Å². The third-order valence-electron chi connectivity index (χ3n) is 8.13. The maximum Gasteiger partial charge on any atom is 0.410 e. The molecule has 2 N–H and O–H groups in total. The minimum atomic E-state index is -0.635. The number of hydrogen-bond acceptors (Lipinski definition) is 6. The van der Waals surface area contributed by atoms with E-state index < -0.39 is 11.8 Å². The monoisotopic (exact) mass is 683 g/mol. The Morgan fingerprint density at radius 2 is 1.68 bits per heavy atom. The van der Waals surface area contributed by atoms with Gasteiger partial charge in [-0.05, 0) is 79.6 Å². The molecule has 3 aromatic rings. The van der Waals surface area contributed by atoms with Gasteiger partial charge >= 0.3 is 12.1 Å². The highest BCUT2D eigenvalue weighted by atomic mass is 35.5.